The van der Waals surface area contributed by atoms with Gasteiger partial charge in [0.25, 0.3) is 0 Å². The maximum atomic E-state index is 10.3. The monoisotopic (exact) mass is 244 g/mol. The molecule has 17 heavy (non-hydrogen) atoms. The normalized spacial score (nSPS) is 21.2. The maximum absolute atomic E-state index is 10.3. The fourth-order valence-corrected chi connectivity index (χ4v) is 1.51. The van der Waals surface area contributed by atoms with Gasteiger partial charge in [-0.2, -0.15) is 0 Å². The first kappa shape index (κ1) is 14.0. The summed E-state index contributed by atoms with van der Waals surface area (Å²) in [5, 5.41) is 8.46. The Morgan fingerprint density at radius 1 is 1.47 bits per heavy atom. The van der Waals surface area contributed by atoms with Crippen molar-refractivity contribution in [1.29, 1.82) is 0 Å². The standard InChI is InChI=1S/C12H20O5/c1-10(5-6-11(13)14)15-8-9-17-12-4-2-3-7-16-12/h5,12H,2-4,6-9H2,1H3,(H,13,14)/b10-5+. The summed E-state index contributed by atoms with van der Waals surface area (Å²) in [6.07, 6.45) is 4.61. The van der Waals surface area contributed by atoms with Crippen LogP contribution in [0, 0.1) is 0 Å². The van der Waals surface area contributed by atoms with Crippen molar-refractivity contribution in [1.82, 2.24) is 0 Å². The molecule has 1 saturated heterocycles. The Bertz CT molecular complexity index is 256. The quantitative estimate of drug-likeness (QED) is 0.547. The van der Waals surface area contributed by atoms with Gasteiger partial charge in [-0.15, -0.1) is 0 Å². The molecule has 1 aliphatic heterocycles. The first-order valence-electron chi connectivity index (χ1n) is 5.93. The van der Waals surface area contributed by atoms with Crippen molar-refractivity contribution in [3.05, 3.63) is 11.8 Å². The van der Waals surface area contributed by atoms with Crippen LogP contribution in [0.15, 0.2) is 11.8 Å². The van der Waals surface area contributed by atoms with E-state index in [-0.39, 0.29) is 12.7 Å². The minimum absolute atomic E-state index is 0.0154. The van der Waals surface area contributed by atoms with Crippen LogP contribution in [0.1, 0.15) is 32.6 Å². The summed E-state index contributed by atoms with van der Waals surface area (Å²) in [6, 6.07) is 0. The smallest absolute Gasteiger partial charge is 0.307 e. The molecule has 1 heterocycles. The van der Waals surface area contributed by atoms with Gasteiger partial charge in [-0.3, -0.25) is 4.79 Å². The van der Waals surface area contributed by atoms with Gasteiger partial charge in [-0.05, 0) is 32.3 Å². The molecule has 1 atom stereocenters. The van der Waals surface area contributed by atoms with E-state index in [0.29, 0.717) is 19.0 Å². The Morgan fingerprint density at radius 3 is 2.94 bits per heavy atom. The molecular weight excluding hydrogens is 224 g/mol. The minimum Gasteiger partial charge on any atom is -0.496 e. The van der Waals surface area contributed by atoms with Gasteiger partial charge >= 0.3 is 5.97 Å². The van der Waals surface area contributed by atoms with E-state index in [2.05, 4.69) is 0 Å². The summed E-state index contributed by atoms with van der Waals surface area (Å²) < 4.78 is 16.2. The molecular formula is C12H20O5. The fraction of sp³-hybridized carbons (Fsp3) is 0.750. The molecule has 1 rings (SSSR count). The second kappa shape index (κ2) is 8.08. The van der Waals surface area contributed by atoms with Gasteiger partial charge in [0.15, 0.2) is 6.29 Å². The molecule has 1 unspecified atom stereocenters. The predicted molar refractivity (Wildman–Crippen MR) is 61.5 cm³/mol. The van der Waals surface area contributed by atoms with Gasteiger partial charge in [0.2, 0.25) is 0 Å². The molecule has 0 spiro atoms. The molecule has 0 aliphatic carbocycles. The number of hydrogen-bond donors (Lipinski definition) is 1. The number of aliphatic carboxylic acids is 1. The largest absolute Gasteiger partial charge is 0.496 e. The molecule has 5 nitrogen and oxygen atoms in total. The van der Waals surface area contributed by atoms with Crippen LogP contribution in [0.25, 0.3) is 0 Å². The first-order chi connectivity index (χ1) is 8.18. The highest BCUT2D eigenvalue weighted by Gasteiger charge is 2.13. The zero-order chi connectivity index (χ0) is 12.5. The molecule has 1 N–H and O–H groups in total. The minimum atomic E-state index is -0.861. The zero-order valence-corrected chi connectivity index (χ0v) is 10.2. The summed E-state index contributed by atoms with van der Waals surface area (Å²) in [5.41, 5.74) is 0. The van der Waals surface area contributed by atoms with Gasteiger partial charge in [0.05, 0.1) is 18.8 Å². The number of rotatable bonds is 7. The van der Waals surface area contributed by atoms with Gasteiger partial charge < -0.3 is 19.3 Å². The number of carboxylic acids is 1. The predicted octanol–water partition coefficient (Wildman–Crippen LogP) is 1.92. The Kier molecular flexibility index (Phi) is 6.65. The van der Waals surface area contributed by atoms with E-state index in [4.69, 9.17) is 19.3 Å². The van der Waals surface area contributed by atoms with Crippen LogP contribution in [0.2, 0.25) is 0 Å². The molecule has 0 aromatic carbocycles. The lowest BCUT2D eigenvalue weighted by atomic mass is 10.2. The lowest BCUT2D eigenvalue weighted by Crippen LogP contribution is -2.23. The second-order valence-corrected chi connectivity index (χ2v) is 3.93. The van der Waals surface area contributed by atoms with Crippen molar-refractivity contribution in [3.8, 4) is 0 Å². The van der Waals surface area contributed by atoms with E-state index >= 15 is 0 Å². The number of carboxylic acid groups (broad SMARTS) is 1. The molecule has 0 aromatic heterocycles. The van der Waals surface area contributed by atoms with Crippen LogP contribution in [0.5, 0.6) is 0 Å². The van der Waals surface area contributed by atoms with Crippen LogP contribution < -0.4 is 0 Å². The van der Waals surface area contributed by atoms with E-state index < -0.39 is 5.97 Å². The van der Waals surface area contributed by atoms with Crippen molar-refractivity contribution in [2.75, 3.05) is 19.8 Å². The number of hydrogen-bond acceptors (Lipinski definition) is 4. The van der Waals surface area contributed by atoms with Crippen LogP contribution in [-0.4, -0.2) is 37.2 Å². The topological polar surface area (TPSA) is 65.0 Å². The average molecular weight is 244 g/mol. The third-order valence-corrected chi connectivity index (χ3v) is 2.42. The molecule has 98 valence electrons. The highest BCUT2D eigenvalue weighted by molar-refractivity contribution is 5.68. The maximum Gasteiger partial charge on any atom is 0.307 e. The van der Waals surface area contributed by atoms with Crippen molar-refractivity contribution in [3.63, 3.8) is 0 Å². The van der Waals surface area contributed by atoms with E-state index in [9.17, 15) is 4.79 Å². The van der Waals surface area contributed by atoms with Gasteiger partial charge in [0, 0.05) is 6.61 Å². The zero-order valence-electron chi connectivity index (χ0n) is 10.2. The molecule has 0 bridgehead atoms. The number of allylic oxidation sites excluding steroid dienone is 1. The van der Waals surface area contributed by atoms with Crippen molar-refractivity contribution in [2.24, 2.45) is 0 Å². The molecule has 5 heteroatoms. The van der Waals surface area contributed by atoms with Gasteiger partial charge in [0.1, 0.15) is 6.61 Å². The first-order valence-corrected chi connectivity index (χ1v) is 5.93. The molecule has 1 fully saturated rings. The Labute approximate surface area is 101 Å². The summed E-state index contributed by atoms with van der Waals surface area (Å²) >= 11 is 0. The van der Waals surface area contributed by atoms with Gasteiger partial charge in [-0.25, -0.2) is 0 Å². The Morgan fingerprint density at radius 2 is 2.29 bits per heavy atom. The Balaban J connectivity index is 2.02. The van der Waals surface area contributed by atoms with E-state index in [0.717, 1.165) is 25.9 Å². The van der Waals surface area contributed by atoms with Crippen molar-refractivity contribution >= 4 is 5.97 Å². The van der Waals surface area contributed by atoms with Gasteiger partial charge in [-0.1, -0.05) is 0 Å². The third-order valence-electron chi connectivity index (χ3n) is 2.42. The van der Waals surface area contributed by atoms with Crippen LogP contribution in [0.3, 0.4) is 0 Å². The second-order valence-electron chi connectivity index (χ2n) is 3.93. The summed E-state index contributed by atoms with van der Waals surface area (Å²) in [5.74, 6) is -0.250. The highest BCUT2D eigenvalue weighted by Crippen LogP contribution is 2.13. The highest BCUT2D eigenvalue weighted by atomic mass is 16.7. The van der Waals surface area contributed by atoms with Crippen LogP contribution in [-0.2, 0) is 19.0 Å². The van der Waals surface area contributed by atoms with E-state index in [1.807, 2.05) is 0 Å². The average Bonchev–Trinajstić information content (AvgIpc) is 2.33. The van der Waals surface area contributed by atoms with E-state index in [1.54, 1.807) is 13.0 Å². The molecule has 0 amide bonds. The van der Waals surface area contributed by atoms with Crippen LogP contribution in [0.4, 0.5) is 0 Å². The van der Waals surface area contributed by atoms with Crippen molar-refractivity contribution < 1.29 is 24.1 Å². The summed E-state index contributed by atoms with van der Waals surface area (Å²) in [7, 11) is 0. The molecule has 1 aliphatic rings. The lowest BCUT2D eigenvalue weighted by molar-refractivity contribution is -0.167. The van der Waals surface area contributed by atoms with Crippen LogP contribution >= 0.6 is 0 Å². The fourth-order valence-electron chi connectivity index (χ4n) is 1.51. The lowest BCUT2D eigenvalue weighted by Gasteiger charge is -2.22. The number of ether oxygens (including phenoxy) is 3. The van der Waals surface area contributed by atoms with E-state index in [1.165, 1.54) is 0 Å². The molecule has 0 radical (unpaired) electrons. The SMILES string of the molecule is C/C(=C\CC(=O)O)OCCOC1CCCCO1. The third kappa shape index (κ3) is 6.97. The Hall–Kier alpha value is -1.07. The molecule has 0 aromatic rings. The summed E-state index contributed by atoms with van der Waals surface area (Å²) in [4.78, 5) is 10.3. The van der Waals surface area contributed by atoms with Crippen molar-refractivity contribution in [2.45, 2.75) is 38.9 Å². The summed E-state index contributed by atoms with van der Waals surface area (Å²) in [6.45, 7) is 3.38. The molecule has 0 saturated carbocycles. The number of carbonyl (C=O) groups is 1.